The second-order valence-electron chi connectivity index (χ2n) is 4.22. The highest BCUT2D eigenvalue weighted by Crippen LogP contribution is 2.16. The van der Waals surface area contributed by atoms with E-state index in [-0.39, 0.29) is 43.4 Å². The maximum Gasteiger partial charge on any atom is 0.243 e. The van der Waals surface area contributed by atoms with Crippen LogP contribution in [0.15, 0.2) is 24.3 Å². The van der Waals surface area contributed by atoms with Gasteiger partial charge >= 0.3 is 0 Å². The largest absolute Gasteiger partial charge is 0.491 e. The highest BCUT2D eigenvalue weighted by molar-refractivity contribution is 5.94. The van der Waals surface area contributed by atoms with Crippen LogP contribution in [0.2, 0.25) is 0 Å². The van der Waals surface area contributed by atoms with Crippen molar-refractivity contribution in [2.75, 3.05) is 18.4 Å². The predicted molar refractivity (Wildman–Crippen MR) is 80.1 cm³/mol. The van der Waals surface area contributed by atoms with Gasteiger partial charge in [0.1, 0.15) is 5.75 Å². The quantitative estimate of drug-likeness (QED) is 0.728. The van der Waals surface area contributed by atoms with Gasteiger partial charge < -0.3 is 21.1 Å². The Morgan fingerprint density at radius 1 is 1.20 bits per heavy atom. The smallest absolute Gasteiger partial charge is 0.243 e. The van der Waals surface area contributed by atoms with E-state index in [1.165, 1.54) is 0 Å². The summed E-state index contributed by atoms with van der Waals surface area (Å²) < 4.78 is 5.48. The second-order valence-corrected chi connectivity index (χ2v) is 4.22. The molecule has 1 aromatic carbocycles. The van der Waals surface area contributed by atoms with Crippen LogP contribution in [0.3, 0.4) is 0 Å². The molecule has 0 heterocycles. The molecular formula is C13H20ClN3O3. The standard InChI is InChI=1S/C13H19N3O3.ClH/c1-9(2)19-11-5-3-10(4-6-11)16-13(18)8-15-12(17)7-14;/h3-6,9H,7-8,14H2,1-2H3,(H,15,17)(H,16,18);1H. The number of ether oxygens (including phenoxy) is 1. The van der Waals surface area contributed by atoms with Gasteiger partial charge in [-0.1, -0.05) is 0 Å². The minimum atomic E-state index is -0.365. The van der Waals surface area contributed by atoms with Crippen molar-refractivity contribution >= 4 is 29.9 Å². The van der Waals surface area contributed by atoms with Crippen LogP contribution in [0.5, 0.6) is 5.75 Å². The number of carbonyl (C=O) groups is 2. The van der Waals surface area contributed by atoms with Gasteiger partial charge in [-0.3, -0.25) is 9.59 Å². The minimum Gasteiger partial charge on any atom is -0.491 e. The van der Waals surface area contributed by atoms with Crippen molar-refractivity contribution in [3.05, 3.63) is 24.3 Å². The van der Waals surface area contributed by atoms with Crippen molar-refractivity contribution < 1.29 is 14.3 Å². The van der Waals surface area contributed by atoms with Gasteiger partial charge in [-0.15, -0.1) is 12.4 Å². The molecule has 2 amide bonds. The molecule has 0 fully saturated rings. The summed E-state index contributed by atoms with van der Waals surface area (Å²) in [5, 5.41) is 5.04. The highest BCUT2D eigenvalue weighted by atomic mass is 35.5. The number of carbonyl (C=O) groups excluding carboxylic acids is 2. The van der Waals surface area contributed by atoms with Crippen molar-refractivity contribution in [1.29, 1.82) is 0 Å². The molecule has 0 radical (unpaired) electrons. The molecule has 0 atom stereocenters. The molecular weight excluding hydrogens is 282 g/mol. The summed E-state index contributed by atoms with van der Waals surface area (Å²) in [6.07, 6.45) is 0.104. The van der Waals surface area contributed by atoms with Gasteiger partial charge in [0.05, 0.1) is 19.2 Å². The van der Waals surface area contributed by atoms with Gasteiger partial charge in [-0.05, 0) is 38.1 Å². The van der Waals surface area contributed by atoms with Gasteiger partial charge in [0.2, 0.25) is 11.8 Å². The van der Waals surface area contributed by atoms with Gasteiger partial charge in [0, 0.05) is 5.69 Å². The first-order valence-electron chi connectivity index (χ1n) is 6.04. The Bertz CT molecular complexity index is 435. The molecule has 112 valence electrons. The Balaban J connectivity index is 0.00000361. The molecule has 0 unspecified atom stereocenters. The monoisotopic (exact) mass is 301 g/mol. The number of hydrogen-bond donors (Lipinski definition) is 3. The van der Waals surface area contributed by atoms with Crippen molar-refractivity contribution in [2.24, 2.45) is 5.73 Å². The molecule has 0 aliphatic heterocycles. The summed E-state index contributed by atoms with van der Waals surface area (Å²) in [6.45, 7) is 3.65. The first kappa shape index (κ1) is 18.2. The number of hydrogen-bond acceptors (Lipinski definition) is 4. The normalized spacial score (nSPS) is 9.60. The highest BCUT2D eigenvalue weighted by Gasteiger charge is 2.05. The first-order chi connectivity index (χ1) is 9.01. The van der Waals surface area contributed by atoms with Crippen LogP contribution in [-0.4, -0.2) is 31.0 Å². The molecule has 1 aromatic rings. The lowest BCUT2D eigenvalue weighted by Crippen LogP contribution is -2.36. The molecule has 4 N–H and O–H groups in total. The van der Waals surface area contributed by atoms with Crippen molar-refractivity contribution in [1.82, 2.24) is 5.32 Å². The third-order valence-corrected chi connectivity index (χ3v) is 2.14. The van der Waals surface area contributed by atoms with Crippen LogP contribution in [0, 0.1) is 0 Å². The summed E-state index contributed by atoms with van der Waals surface area (Å²) in [7, 11) is 0. The van der Waals surface area contributed by atoms with E-state index >= 15 is 0 Å². The van der Waals surface area contributed by atoms with Crippen LogP contribution in [-0.2, 0) is 9.59 Å². The van der Waals surface area contributed by atoms with Crippen LogP contribution in [0.25, 0.3) is 0 Å². The molecule has 0 saturated heterocycles. The van der Waals surface area contributed by atoms with E-state index in [0.29, 0.717) is 5.69 Å². The fourth-order valence-corrected chi connectivity index (χ4v) is 1.35. The fraction of sp³-hybridized carbons (Fsp3) is 0.385. The lowest BCUT2D eigenvalue weighted by atomic mass is 10.3. The van der Waals surface area contributed by atoms with E-state index in [0.717, 1.165) is 5.75 Å². The topological polar surface area (TPSA) is 93.5 Å². The Labute approximate surface area is 124 Å². The molecule has 0 bridgehead atoms. The zero-order chi connectivity index (χ0) is 14.3. The zero-order valence-electron chi connectivity index (χ0n) is 11.5. The van der Waals surface area contributed by atoms with Gasteiger partial charge in [-0.25, -0.2) is 0 Å². The minimum absolute atomic E-state index is 0. The van der Waals surface area contributed by atoms with E-state index in [4.69, 9.17) is 10.5 Å². The predicted octanol–water partition coefficient (Wildman–Crippen LogP) is 0.909. The summed E-state index contributed by atoms with van der Waals surface area (Å²) in [5.74, 6) is 0.0691. The molecule has 7 heteroatoms. The molecule has 0 spiro atoms. The SMILES string of the molecule is CC(C)Oc1ccc(NC(=O)CNC(=O)CN)cc1.Cl. The lowest BCUT2D eigenvalue weighted by Gasteiger charge is -2.10. The second kappa shape index (κ2) is 9.17. The van der Waals surface area contributed by atoms with Crippen molar-refractivity contribution in [3.63, 3.8) is 0 Å². The summed E-state index contributed by atoms with van der Waals surface area (Å²) >= 11 is 0. The number of nitrogens with two attached hydrogens (primary N) is 1. The van der Waals surface area contributed by atoms with Crippen molar-refractivity contribution in [2.45, 2.75) is 20.0 Å². The van der Waals surface area contributed by atoms with Gasteiger partial charge in [0.25, 0.3) is 0 Å². The fourth-order valence-electron chi connectivity index (χ4n) is 1.35. The van der Waals surface area contributed by atoms with Crippen LogP contribution < -0.4 is 21.1 Å². The van der Waals surface area contributed by atoms with E-state index < -0.39 is 0 Å². The summed E-state index contributed by atoms with van der Waals surface area (Å²) in [4.78, 5) is 22.4. The number of rotatable bonds is 6. The maximum absolute atomic E-state index is 11.5. The van der Waals surface area contributed by atoms with E-state index in [9.17, 15) is 9.59 Å². The molecule has 6 nitrogen and oxygen atoms in total. The Kier molecular flexibility index (Phi) is 8.35. The number of nitrogens with one attached hydrogen (secondary N) is 2. The number of anilines is 1. The van der Waals surface area contributed by atoms with Crippen molar-refractivity contribution in [3.8, 4) is 5.75 Å². The Morgan fingerprint density at radius 2 is 1.80 bits per heavy atom. The summed E-state index contributed by atoms with van der Waals surface area (Å²) in [6, 6.07) is 7.02. The van der Waals surface area contributed by atoms with Crippen LogP contribution in [0.4, 0.5) is 5.69 Å². The summed E-state index contributed by atoms with van der Waals surface area (Å²) in [5.41, 5.74) is 5.75. The zero-order valence-corrected chi connectivity index (χ0v) is 12.3. The molecule has 0 aliphatic carbocycles. The third kappa shape index (κ3) is 6.96. The van der Waals surface area contributed by atoms with E-state index in [2.05, 4.69) is 10.6 Å². The maximum atomic E-state index is 11.5. The number of halogens is 1. The Hall–Kier alpha value is -1.79. The number of benzene rings is 1. The van der Waals surface area contributed by atoms with E-state index in [1.54, 1.807) is 24.3 Å². The van der Waals surface area contributed by atoms with Crippen LogP contribution >= 0.6 is 12.4 Å². The number of amides is 2. The molecule has 0 aromatic heterocycles. The van der Waals surface area contributed by atoms with E-state index in [1.807, 2.05) is 13.8 Å². The average Bonchev–Trinajstić information content (AvgIpc) is 2.37. The van der Waals surface area contributed by atoms with Gasteiger partial charge in [-0.2, -0.15) is 0 Å². The molecule has 20 heavy (non-hydrogen) atoms. The first-order valence-corrected chi connectivity index (χ1v) is 6.04. The van der Waals surface area contributed by atoms with Gasteiger partial charge in [0.15, 0.2) is 0 Å². The molecule has 0 saturated carbocycles. The van der Waals surface area contributed by atoms with Crippen LogP contribution in [0.1, 0.15) is 13.8 Å². The average molecular weight is 302 g/mol. The molecule has 1 rings (SSSR count). The lowest BCUT2D eigenvalue weighted by molar-refractivity contribution is -0.123. The Morgan fingerprint density at radius 3 is 2.30 bits per heavy atom. The third-order valence-electron chi connectivity index (χ3n) is 2.14. The molecule has 0 aliphatic rings.